The summed E-state index contributed by atoms with van der Waals surface area (Å²) in [5.74, 6) is 0.311. The number of nitrogens with zero attached hydrogens (tertiary/aromatic N) is 1. The lowest BCUT2D eigenvalue weighted by Crippen LogP contribution is -2.25. The predicted molar refractivity (Wildman–Crippen MR) is 77.4 cm³/mol. The van der Waals surface area contributed by atoms with Crippen LogP contribution in [0.15, 0.2) is 24.3 Å². The number of nitrogens with two attached hydrogens (primary N) is 1. The van der Waals surface area contributed by atoms with Crippen LogP contribution in [0, 0.1) is 5.41 Å². The van der Waals surface area contributed by atoms with Gasteiger partial charge < -0.3 is 10.6 Å². The van der Waals surface area contributed by atoms with Crippen LogP contribution in [-0.2, 0) is 6.42 Å². The van der Waals surface area contributed by atoms with Crippen LogP contribution < -0.4 is 10.6 Å². The number of unbranched alkanes of at least 4 members (excludes halogenated alkanes) is 1. The van der Waals surface area contributed by atoms with E-state index in [-0.39, 0.29) is 0 Å². The molecular formula is C15H23N3. The zero-order valence-electron chi connectivity index (χ0n) is 11.0. The third-order valence-corrected chi connectivity index (χ3v) is 3.58. The van der Waals surface area contributed by atoms with Crippen LogP contribution in [0.25, 0.3) is 0 Å². The van der Waals surface area contributed by atoms with Crippen LogP contribution in [0.3, 0.4) is 0 Å². The van der Waals surface area contributed by atoms with Crippen molar-refractivity contribution in [1.82, 2.24) is 0 Å². The van der Waals surface area contributed by atoms with E-state index < -0.39 is 0 Å². The van der Waals surface area contributed by atoms with Gasteiger partial charge in [0.05, 0.1) is 5.84 Å². The number of hydrogen-bond acceptors (Lipinski definition) is 2. The molecule has 2 rings (SSSR count). The van der Waals surface area contributed by atoms with Crippen LogP contribution in [0.2, 0.25) is 0 Å². The van der Waals surface area contributed by atoms with Gasteiger partial charge in [-0.25, -0.2) is 0 Å². The molecule has 18 heavy (non-hydrogen) atoms. The van der Waals surface area contributed by atoms with Crippen molar-refractivity contribution in [2.75, 3.05) is 18.0 Å². The Hall–Kier alpha value is -1.51. The molecular weight excluding hydrogens is 222 g/mol. The number of nitrogens with one attached hydrogen (secondary N) is 1. The minimum absolute atomic E-state index is 0.311. The van der Waals surface area contributed by atoms with Gasteiger partial charge in [-0.1, -0.05) is 18.2 Å². The highest BCUT2D eigenvalue weighted by Crippen LogP contribution is 2.26. The Kier molecular flexibility index (Phi) is 4.62. The average molecular weight is 245 g/mol. The molecule has 1 aromatic carbocycles. The molecule has 98 valence electrons. The maximum atomic E-state index is 7.23. The zero-order valence-corrected chi connectivity index (χ0v) is 11.0. The molecule has 0 bridgehead atoms. The summed E-state index contributed by atoms with van der Waals surface area (Å²) in [5.41, 5.74) is 8.29. The molecule has 0 saturated heterocycles. The first kappa shape index (κ1) is 12.9. The fourth-order valence-electron chi connectivity index (χ4n) is 2.62. The first-order chi connectivity index (χ1) is 8.77. The fourth-order valence-corrected chi connectivity index (χ4v) is 2.62. The van der Waals surface area contributed by atoms with Gasteiger partial charge in [0.25, 0.3) is 0 Å². The van der Waals surface area contributed by atoms with Gasteiger partial charge in [-0.3, -0.25) is 5.41 Å². The highest BCUT2D eigenvalue weighted by atomic mass is 15.1. The van der Waals surface area contributed by atoms with Crippen molar-refractivity contribution >= 4 is 11.5 Å². The molecule has 0 atom stereocenters. The Bertz CT molecular complexity index is 400. The number of para-hydroxylation sites is 1. The number of rotatable bonds is 5. The van der Waals surface area contributed by atoms with E-state index in [9.17, 15) is 0 Å². The molecule has 0 aliphatic carbocycles. The summed E-state index contributed by atoms with van der Waals surface area (Å²) in [6.07, 6.45) is 6.65. The van der Waals surface area contributed by atoms with E-state index in [2.05, 4.69) is 29.2 Å². The predicted octanol–water partition coefficient (Wildman–Crippen LogP) is 2.94. The molecule has 0 amide bonds. The summed E-state index contributed by atoms with van der Waals surface area (Å²) < 4.78 is 0. The molecule has 3 heteroatoms. The Morgan fingerprint density at radius 1 is 1.22 bits per heavy atom. The molecule has 0 unspecified atom stereocenters. The van der Waals surface area contributed by atoms with Gasteiger partial charge in [0, 0.05) is 25.2 Å². The van der Waals surface area contributed by atoms with Crippen LogP contribution in [0.4, 0.5) is 5.69 Å². The lowest BCUT2D eigenvalue weighted by Gasteiger charge is -2.24. The Labute approximate surface area is 109 Å². The second-order valence-electron chi connectivity index (χ2n) is 5.06. The summed E-state index contributed by atoms with van der Waals surface area (Å²) in [6.45, 7) is 2.25. The second kappa shape index (κ2) is 6.43. The minimum atomic E-state index is 0.311. The van der Waals surface area contributed by atoms with Crippen molar-refractivity contribution in [3.63, 3.8) is 0 Å². The third-order valence-electron chi connectivity index (χ3n) is 3.58. The highest BCUT2D eigenvalue weighted by molar-refractivity contribution is 5.76. The van der Waals surface area contributed by atoms with Gasteiger partial charge >= 0.3 is 0 Å². The van der Waals surface area contributed by atoms with Crippen LogP contribution in [0.5, 0.6) is 0 Å². The zero-order chi connectivity index (χ0) is 12.8. The van der Waals surface area contributed by atoms with Crippen molar-refractivity contribution in [3.05, 3.63) is 29.8 Å². The average Bonchev–Trinajstić information content (AvgIpc) is 2.57. The lowest BCUT2D eigenvalue weighted by atomic mass is 10.1. The number of fused-ring (bicyclic) bond motifs is 1. The van der Waals surface area contributed by atoms with Crippen LogP contribution >= 0.6 is 0 Å². The monoisotopic (exact) mass is 245 g/mol. The molecule has 0 saturated carbocycles. The molecule has 0 spiro atoms. The van der Waals surface area contributed by atoms with Crippen molar-refractivity contribution in [1.29, 1.82) is 5.41 Å². The van der Waals surface area contributed by atoms with Crippen molar-refractivity contribution < 1.29 is 0 Å². The van der Waals surface area contributed by atoms with Gasteiger partial charge in [-0.05, 0) is 43.7 Å². The van der Waals surface area contributed by atoms with E-state index in [4.69, 9.17) is 11.1 Å². The summed E-state index contributed by atoms with van der Waals surface area (Å²) in [7, 11) is 0. The maximum Gasteiger partial charge on any atom is 0.0905 e. The SMILES string of the molecule is N=C(N)CCCCN1CCCCc2ccccc21. The van der Waals surface area contributed by atoms with Gasteiger partial charge in [-0.15, -0.1) is 0 Å². The summed E-state index contributed by atoms with van der Waals surface area (Å²) in [5, 5.41) is 7.23. The minimum Gasteiger partial charge on any atom is -0.388 e. The molecule has 3 nitrogen and oxygen atoms in total. The van der Waals surface area contributed by atoms with E-state index in [0.29, 0.717) is 5.84 Å². The van der Waals surface area contributed by atoms with E-state index in [0.717, 1.165) is 32.4 Å². The quantitative estimate of drug-likeness (QED) is 0.476. The Balaban J connectivity index is 1.93. The van der Waals surface area contributed by atoms with Gasteiger partial charge in [0.2, 0.25) is 0 Å². The second-order valence-corrected chi connectivity index (χ2v) is 5.06. The highest BCUT2D eigenvalue weighted by Gasteiger charge is 2.13. The number of anilines is 1. The van der Waals surface area contributed by atoms with Gasteiger partial charge in [0.15, 0.2) is 0 Å². The van der Waals surface area contributed by atoms with E-state index in [1.165, 1.54) is 30.5 Å². The molecule has 0 radical (unpaired) electrons. The summed E-state index contributed by atoms with van der Waals surface area (Å²) in [4.78, 5) is 2.50. The topological polar surface area (TPSA) is 53.1 Å². The number of hydrogen-bond donors (Lipinski definition) is 2. The number of amidine groups is 1. The first-order valence-electron chi connectivity index (χ1n) is 6.93. The molecule has 0 fully saturated rings. The molecule has 1 aliphatic rings. The van der Waals surface area contributed by atoms with Gasteiger partial charge in [-0.2, -0.15) is 0 Å². The normalized spacial score (nSPS) is 15.0. The molecule has 0 aromatic heterocycles. The van der Waals surface area contributed by atoms with Crippen LogP contribution in [-0.4, -0.2) is 18.9 Å². The largest absolute Gasteiger partial charge is 0.388 e. The Morgan fingerprint density at radius 2 is 2.06 bits per heavy atom. The molecule has 1 heterocycles. The third kappa shape index (κ3) is 3.49. The van der Waals surface area contributed by atoms with Crippen molar-refractivity contribution in [2.45, 2.75) is 38.5 Å². The first-order valence-corrected chi connectivity index (χ1v) is 6.93. The summed E-state index contributed by atoms with van der Waals surface area (Å²) >= 11 is 0. The van der Waals surface area contributed by atoms with E-state index in [1.54, 1.807) is 0 Å². The molecule has 3 N–H and O–H groups in total. The van der Waals surface area contributed by atoms with E-state index >= 15 is 0 Å². The molecule has 1 aromatic rings. The number of benzene rings is 1. The van der Waals surface area contributed by atoms with Gasteiger partial charge in [0.1, 0.15) is 0 Å². The van der Waals surface area contributed by atoms with E-state index in [1.807, 2.05) is 0 Å². The van der Waals surface area contributed by atoms with Crippen molar-refractivity contribution in [2.24, 2.45) is 5.73 Å². The number of aryl methyl sites for hydroxylation is 1. The standard InChI is InChI=1S/C15H23N3/c16-15(17)10-4-6-12-18-11-5-3-8-13-7-1-2-9-14(13)18/h1-2,7,9H,3-6,8,10-12H2,(H3,16,17). The smallest absolute Gasteiger partial charge is 0.0905 e. The maximum absolute atomic E-state index is 7.23. The molecule has 1 aliphatic heterocycles. The summed E-state index contributed by atoms with van der Waals surface area (Å²) in [6, 6.07) is 8.76. The Morgan fingerprint density at radius 3 is 2.89 bits per heavy atom. The van der Waals surface area contributed by atoms with Crippen LogP contribution in [0.1, 0.15) is 37.7 Å². The fraction of sp³-hybridized carbons (Fsp3) is 0.533. The van der Waals surface area contributed by atoms with Crippen molar-refractivity contribution in [3.8, 4) is 0 Å². The lowest BCUT2D eigenvalue weighted by molar-refractivity contribution is 0.671.